The van der Waals surface area contributed by atoms with E-state index in [1.807, 2.05) is 0 Å². The number of benzene rings is 1. The SMILES string of the molecule is O=C(O)C[C@@H](O)c1cccc(Br)c1O. The molecule has 76 valence electrons. The number of hydrogen-bond donors (Lipinski definition) is 3. The predicted molar refractivity (Wildman–Crippen MR) is 53.0 cm³/mol. The lowest BCUT2D eigenvalue weighted by Crippen LogP contribution is -2.05. The third-order valence-corrected chi connectivity index (χ3v) is 2.38. The summed E-state index contributed by atoms with van der Waals surface area (Å²) in [6.45, 7) is 0. The number of aromatic hydroxyl groups is 1. The minimum Gasteiger partial charge on any atom is -0.506 e. The van der Waals surface area contributed by atoms with Gasteiger partial charge in [0.15, 0.2) is 0 Å². The first-order chi connectivity index (χ1) is 6.52. The molecule has 1 rings (SSSR count). The first-order valence-electron chi connectivity index (χ1n) is 3.89. The summed E-state index contributed by atoms with van der Waals surface area (Å²) in [5, 5.41) is 27.4. The van der Waals surface area contributed by atoms with Crippen LogP contribution < -0.4 is 0 Å². The van der Waals surface area contributed by atoms with Gasteiger partial charge in [0, 0.05) is 5.56 Å². The summed E-state index contributed by atoms with van der Waals surface area (Å²) in [6, 6.07) is 4.70. The van der Waals surface area contributed by atoms with E-state index in [-0.39, 0.29) is 11.3 Å². The van der Waals surface area contributed by atoms with Gasteiger partial charge in [0.1, 0.15) is 5.75 Å². The number of rotatable bonds is 3. The maximum Gasteiger partial charge on any atom is 0.306 e. The van der Waals surface area contributed by atoms with Gasteiger partial charge in [-0.2, -0.15) is 0 Å². The summed E-state index contributed by atoms with van der Waals surface area (Å²) < 4.78 is 0.430. The van der Waals surface area contributed by atoms with E-state index < -0.39 is 18.5 Å². The van der Waals surface area contributed by atoms with Gasteiger partial charge in [0.25, 0.3) is 0 Å². The van der Waals surface area contributed by atoms with Crippen LogP contribution in [0.1, 0.15) is 18.1 Å². The Bertz CT molecular complexity index is 351. The number of aliphatic hydroxyl groups is 1. The Morgan fingerprint density at radius 1 is 1.50 bits per heavy atom. The number of carboxylic acids is 1. The van der Waals surface area contributed by atoms with E-state index in [0.29, 0.717) is 4.47 Å². The molecule has 0 aliphatic heterocycles. The molecule has 1 aromatic rings. The quantitative estimate of drug-likeness (QED) is 0.773. The van der Waals surface area contributed by atoms with Gasteiger partial charge in [-0.3, -0.25) is 4.79 Å². The van der Waals surface area contributed by atoms with Gasteiger partial charge >= 0.3 is 5.97 Å². The zero-order valence-electron chi connectivity index (χ0n) is 7.14. The Hall–Kier alpha value is -1.07. The summed E-state index contributed by atoms with van der Waals surface area (Å²) in [5.41, 5.74) is 0.210. The second-order valence-electron chi connectivity index (χ2n) is 2.79. The fraction of sp³-hybridized carbons (Fsp3) is 0.222. The molecule has 0 saturated heterocycles. The number of aliphatic hydroxyl groups excluding tert-OH is 1. The molecule has 0 heterocycles. The van der Waals surface area contributed by atoms with Crippen LogP contribution in [0.3, 0.4) is 0 Å². The number of para-hydroxylation sites is 1. The molecular formula is C9H9BrO4. The summed E-state index contributed by atoms with van der Waals surface area (Å²) in [4.78, 5) is 10.3. The molecule has 0 aliphatic rings. The fourth-order valence-electron chi connectivity index (χ4n) is 1.08. The number of hydrogen-bond acceptors (Lipinski definition) is 3. The summed E-state index contributed by atoms with van der Waals surface area (Å²) in [5.74, 6) is -1.24. The molecule has 0 bridgehead atoms. The third-order valence-electron chi connectivity index (χ3n) is 1.74. The monoisotopic (exact) mass is 260 g/mol. The van der Waals surface area contributed by atoms with Crippen molar-refractivity contribution in [3.63, 3.8) is 0 Å². The van der Waals surface area contributed by atoms with Gasteiger partial charge in [0.05, 0.1) is 17.0 Å². The highest BCUT2D eigenvalue weighted by Crippen LogP contribution is 2.32. The zero-order valence-corrected chi connectivity index (χ0v) is 8.73. The van der Waals surface area contributed by atoms with Gasteiger partial charge in [-0.1, -0.05) is 12.1 Å². The molecule has 0 aliphatic carbocycles. The molecule has 0 fully saturated rings. The maximum absolute atomic E-state index is 10.3. The number of aliphatic carboxylic acids is 1. The Kier molecular flexibility index (Phi) is 3.49. The number of halogens is 1. The molecule has 0 radical (unpaired) electrons. The summed E-state index contributed by atoms with van der Waals surface area (Å²) in [7, 11) is 0. The lowest BCUT2D eigenvalue weighted by atomic mass is 10.1. The van der Waals surface area contributed by atoms with Crippen LogP contribution >= 0.6 is 15.9 Å². The number of carboxylic acid groups (broad SMARTS) is 1. The highest BCUT2D eigenvalue weighted by Gasteiger charge is 2.16. The average molecular weight is 261 g/mol. The van der Waals surface area contributed by atoms with Crippen molar-refractivity contribution in [1.82, 2.24) is 0 Å². The number of carbonyl (C=O) groups is 1. The minimum absolute atomic E-state index is 0.124. The molecule has 0 aromatic heterocycles. The summed E-state index contributed by atoms with van der Waals surface area (Å²) >= 11 is 3.07. The second kappa shape index (κ2) is 4.43. The Balaban J connectivity index is 2.95. The Morgan fingerprint density at radius 3 is 2.71 bits per heavy atom. The van der Waals surface area contributed by atoms with Crippen LogP contribution in [0.15, 0.2) is 22.7 Å². The van der Waals surface area contributed by atoms with Crippen LogP contribution in [0.25, 0.3) is 0 Å². The van der Waals surface area contributed by atoms with Crippen LogP contribution in [0.5, 0.6) is 5.75 Å². The highest BCUT2D eigenvalue weighted by molar-refractivity contribution is 9.10. The standard InChI is InChI=1S/C9H9BrO4/c10-6-3-1-2-5(9(6)14)7(11)4-8(12)13/h1-3,7,11,14H,4H2,(H,12,13)/t7-/m1/s1. The maximum atomic E-state index is 10.3. The fourth-order valence-corrected chi connectivity index (χ4v) is 1.46. The smallest absolute Gasteiger partial charge is 0.306 e. The lowest BCUT2D eigenvalue weighted by molar-refractivity contribution is -0.139. The van der Waals surface area contributed by atoms with Gasteiger partial charge in [-0.25, -0.2) is 0 Å². The number of phenolic OH excluding ortho intramolecular Hbond substituents is 1. The van der Waals surface area contributed by atoms with Gasteiger partial charge in [-0.15, -0.1) is 0 Å². The van der Waals surface area contributed by atoms with E-state index in [0.717, 1.165) is 0 Å². The third kappa shape index (κ3) is 2.46. The van der Waals surface area contributed by atoms with E-state index in [9.17, 15) is 15.0 Å². The molecule has 1 atom stereocenters. The van der Waals surface area contributed by atoms with E-state index in [1.54, 1.807) is 12.1 Å². The largest absolute Gasteiger partial charge is 0.506 e. The molecule has 0 unspecified atom stereocenters. The lowest BCUT2D eigenvalue weighted by Gasteiger charge is -2.10. The van der Waals surface area contributed by atoms with Crippen LogP contribution in [0.4, 0.5) is 0 Å². The van der Waals surface area contributed by atoms with Crippen LogP contribution in [-0.2, 0) is 4.79 Å². The minimum atomic E-state index is -1.19. The molecule has 0 amide bonds. The Labute approximate surface area is 88.9 Å². The van der Waals surface area contributed by atoms with E-state index in [1.165, 1.54) is 6.07 Å². The molecule has 0 saturated carbocycles. The van der Waals surface area contributed by atoms with Crippen molar-refractivity contribution in [1.29, 1.82) is 0 Å². The highest BCUT2D eigenvalue weighted by atomic mass is 79.9. The topological polar surface area (TPSA) is 77.8 Å². The van der Waals surface area contributed by atoms with Gasteiger partial charge < -0.3 is 15.3 Å². The van der Waals surface area contributed by atoms with Crippen molar-refractivity contribution in [3.05, 3.63) is 28.2 Å². The molecule has 1 aromatic carbocycles. The first-order valence-corrected chi connectivity index (χ1v) is 4.69. The van der Waals surface area contributed by atoms with Crippen molar-refractivity contribution in [2.24, 2.45) is 0 Å². The Morgan fingerprint density at radius 2 is 2.14 bits per heavy atom. The van der Waals surface area contributed by atoms with Crippen molar-refractivity contribution < 1.29 is 20.1 Å². The van der Waals surface area contributed by atoms with E-state index in [4.69, 9.17) is 5.11 Å². The molecule has 0 spiro atoms. The van der Waals surface area contributed by atoms with E-state index >= 15 is 0 Å². The molecule has 5 heteroatoms. The van der Waals surface area contributed by atoms with Crippen LogP contribution in [0, 0.1) is 0 Å². The first kappa shape index (κ1) is 11.0. The van der Waals surface area contributed by atoms with Crippen molar-refractivity contribution >= 4 is 21.9 Å². The van der Waals surface area contributed by atoms with Crippen molar-refractivity contribution in [2.75, 3.05) is 0 Å². The number of phenols is 1. The summed E-state index contributed by atoms with van der Waals surface area (Å²) in [6.07, 6.45) is -1.62. The molecule has 4 nitrogen and oxygen atoms in total. The van der Waals surface area contributed by atoms with Crippen molar-refractivity contribution in [2.45, 2.75) is 12.5 Å². The average Bonchev–Trinajstić information content (AvgIpc) is 2.08. The van der Waals surface area contributed by atoms with Crippen molar-refractivity contribution in [3.8, 4) is 5.75 Å². The second-order valence-corrected chi connectivity index (χ2v) is 3.65. The zero-order chi connectivity index (χ0) is 10.7. The molecular weight excluding hydrogens is 252 g/mol. The van der Waals surface area contributed by atoms with Crippen LogP contribution in [0.2, 0.25) is 0 Å². The van der Waals surface area contributed by atoms with Gasteiger partial charge in [-0.05, 0) is 22.0 Å². The van der Waals surface area contributed by atoms with Gasteiger partial charge in [0.2, 0.25) is 0 Å². The molecule has 3 N–H and O–H groups in total. The molecule has 14 heavy (non-hydrogen) atoms. The van der Waals surface area contributed by atoms with E-state index in [2.05, 4.69) is 15.9 Å². The van der Waals surface area contributed by atoms with Crippen LogP contribution in [-0.4, -0.2) is 21.3 Å². The normalized spacial score (nSPS) is 12.4. The predicted octanol–water partition coefficient (Wildman–Crippen LogP) is 1.66.